The van der Waals surface area contributed by atoms with Gasteiger partial charge in [0.05, 0.1) is 4.92 Å². The molecule has 2 heterocycles. The van der Waals surface area contributed by atoms with E-state index in [0.29, 0.717) is 24.8 Å². The minimum atomic E-state index is -0.796. The minimum absolute atomic E-state index is 0.323. The topological polar surface area (TPSA) is 97.3 Å². The van der Waals surface area contributed by atoms with Gasteiger partial charge in [-0.05, 0) is 28.8 Å². The lowest BCUT2D eigenvalue weighted by Crippen LogP contribution is -2.41. The molecular formula is C18H20ClN5O2. The number of pyridine rings is 1. The van der Waals surface area contributed by atoms with Crippen LogP contribution in [0.1, 0.15) is 16.7 Å². The van der Waals surface area contributed by atoms with Gasteiger partial charge in [-0.25, -0.2) is 15.2 Å². The van der Waals surface area contributed by atoms with E-state index in [0.717, 1.165) is 17.7 Å². The quantitative estimate of drug-likeness (QED) is 0.486. The highest BCUT2D eigenvalue weighted by atomic mass is 35.5. The van der Waals surface area contributed by atoms with Gasteiger partial charge in [-0.1, -0.05) is 41.9 Å². The molecule has 1 unspecified atom stereocenters. The lowest BCUT2D eigenvalue weighted by Gasteiger charge is -2.16. The summed E-state index contributed by atoms with van der Waals surface area (Å²) in [6.45, 7) is 1.80. The predicted molar refractivity (Wildman–Crippen MR) is 101 cm³/mol. The van der Waals surface area contributed by atoms with E-state index in [-0.39, 0.29) is 4.92 Å². The van der Waals surface area contributed by atoms with Crippen molar-refractivity contribution in [3.63, 3.8) is 0 Å². The predicted octanol–water partition coefficient (Wildman–Crippen LogP) is 2.24. The lowest BCUT2D eigenvalue weighted by molar-refractivity contribution is -0.552. The number of nitrogens with zero attached hydrogens (tertiary/aromatic N) is 3. The first-order chi connectivity index (χ1) is 12.5. The molecule has 4 rings (SSSR count). The second-order valence-corrected chi connectivity index (χ2v) is 6.55. The van der Waals surface area contributed by atoms with E-state index in [4.69, 9.17) is 17.3 Å². The number of fused-ring (bicyclic) bond motifs is 1. The molecule has 7 nitrogen and oxygen atoms in total. The molecule has 8 heteroatoms. The highest BCUT2D eigenvalue weighted by Gasteiger charge is 2.32. The monoisotopic (exact) mass is 373 g/mol. The summed E-state index contributed by atoms with van der Waals surface area (Å²) in [5.74, 6) is 0. The Bertz CT molecular complexity index is 809. The van der Waals surface area contributed by atoms with Crippen LogP contribution in [0.25, 0.3) is 6.08 Å². The van der Waals surface area contributed by atoms with Gasteiger partial charge in [0.25, 0.3) is 0 Å². The van der Waals surface area contributed by atoms with Crippen molar-refractivity contribution < 1.29 is 4.92 Å². The number of benzene rings is 1. The normalized spacial score (nSPS) is 18.7. The number of nitrogens with one attached hydrogen (secondary N) is 1. The summed E-state index contributed by atoms with van der Waals surface area (Å²) >= 11 is 5.66. The number of rotatable bonds is 3. The van der Waals surface area contributed by atoms with Crippen molar-refractivity contribution in [3.05, 3.63) is 80.2 Å². The van der Waals surface area contributed by atoms with Crippen LogP contribution in [0, 0.1) is 10.1 Å². The van der Waals surface area contributed by atoms with E-state index in [2.05, 4.69) is 22.4 Å². The van der Waals surface area contributed by atoms with Crippen molar-refractivity contribution in [1.29, 1.82) is 0 Å². The summed E-state index contributed by atoms with van der Waals surface area (Å²) < 4.78 is 0. The molecule has 0 bridgehead atoms. The number of halogens is 1. The van der Waals surface area contributed by atoms with Crippen molar-refractivity contribution in [1.82, 2.24) is 15.2 Å². The van der Waals surface area contributed by atoms with E-state index >= 15 is 0 Å². The van der Waals surface area contributed by atoms with Gasteiger partial charge in [-0.2, -0.15) is 0 Å². The van der Waals surface area contributed by atoms with Crippen LogP contribution in [0.5, 0.6) is 0 Å². The van der Waals surface area contributed by atoms with E-state index in [1.807, 2.05) is 24.3 Å². The maximum absolute atomic E-state index is 10.7. The van der Waals surface area contributed by atoms with Crippen molar-refractivity contribution in [2.45, 2.75) is 19.3 Å². The number of nitrogens with two attached hydrogens (primary N) is 1. The molecule has 1 aliphatic heterocycles. The Balaban J connectivity index is 0.000000167. The van der Waals surface area contributed by atoms with Crippen LogP contribution in [0.4, 0.5) is 0 Å². The largest absolute Gasteiger partial charge is 0.402 e. The Kier molecular flexibility index (Phi) is 5.82. The van der Waals surface area contributed by atoms with Crippen LogP contribution in [-0.2, 0) is 13.0 Å². The smallest absolute Gasteiger partial charge is 0.326 e. The lowest BCUT2D eigenvalue weighted by atomic mass is 10.1. The maximum atomic E-state index is 10.7. The highest BCUT2D eigenvalue weighted by molar-refractivity contribution is 6.29. The summed E-state index contributed by atoms with van der Waals surface area (Å²) in [6, 6.07) is 11.8. The molecule has 26 heavy (non-hydrogen) atoms. The fourth-order valence-corrected chi connectivity index (χ4v) is 3.11. The van der Waals surface area contributed by atoms with E-state index in [1.165, 1.54) is 11.1 Å². The van der Waals surface area contributed by atoms with Crippen molar-refractivity contribution >= 4 is 17.7 Å². The second-order valence-electron chi connectivity index (χ2n) is 6.17. The van der Waals surface area contributed by atoms with Crippen molar-refractivity contribution in [2.75, 3.05) is 13.1 Å². The SMILES string of the molecule is NC1=Cc2ccccc2C1.O=[N+]([O-])C1NCCN1Cc1ccc(Cl)nc1. The van der Waals surface area contributed by atoms with Gasteiger partial charge in [0.1, 0.15) is 5.15 Å². The zero-order chi connectivity index (χ0) is 18.5. The van der Waals surface area contributed by atoms with Gasteiger partial charge in [-0.3, -0.25) is 10.1 Å². The van der Waals surface area contributed by atoms with Crippen LogP contribution < -0.4 is 11.1 Å². The first-order valence-corrected chi connectivity index (χ1v) is 8.66. The second kappa shape index (κ2) is 8.27. The number of nitro groups is 1. The van der Waals surface area contributed by atoms with Crippen LogP contribution in [0.15, 0.2) is 48.3 Å². The molecule has 1 aromatic heterocycles. The Labute approximate surface area is 156 Å². The minimum Gasteiger partial charge on any atom is -0.402 e. The number of hydrogen-bond acceptors (Lipinski definition) is 6. The Morgan fingerprint density at radius 2 is 2.15 bits per heavy atom. The molecule has 1 aliphatic carbocycles. The van der Waals surface area contributed by atoms with Crippen LogP contribution >= 0.6 is 11.6 Å². The van der Waals surface area contributed by atoms with Gasteiger partial charge in [-0.15, -0.1) is 0 Å². The Morgan fingerprint density at radius 3 is 2.85 bits per heavy atom. The first kappa shape index (κ1) is 18.3. The standard InChI is InChI=1S/C9H11ClN4O2.C9H9N/c10-8-2-1-7(5-12-8)6-13-4-3-11-9(13)14(15)16;10-9-5-7-3-1-2-4-8(7)6-9/h1-2,5,9,11H,3-4,6H2;1-5H,6,10H2. The summed E-state index contributed by atoms with van der Waals surface area (Å²) in [7, 11) is 0. The molecule has 2 aromatic rings. The van der Waals surface area contributed by atoms with Crippen LogP contribution in [-0.4, -0.2) is 34.2 Å². The van der Waals surface area contributed by atoms with E-state index in [9.17, 15) is 10.1 Å². The summed E-state index contributed by atoms with van der Waals surface area (Å²) in [4.78, 5) is 16.1. The number of hydrogen-bond donors (Lipinski definition) is 2. The molecule has 0 spiro atoms. The third-order valence-corrected chi connectivity index (χ3v) is 4.46. The Hall–Kier alpha value is -2.48. The molecular weight excluding hydrogens is 354 g/mol. The molecule has 2 aliphatic rings. The third kappa shape index (κ3) is 4.57. The van der Waals surface area contributed by atoms with Crippen LogP contribution in [0.2, 0.25) is 5.15 Å². The van der Waals surface area contributed by atoms with Crippen LogP contribution in [0.3, 0.4) is 0 Å². The number of allylic oxidation sites excluding steroid dienone is 1. The molecule has 1 aromatic carbocycles. The van der Waals surface area contributed by atoms with Gasteiger partial charge < -0.3 is 5.73 Å². The molecule has 0 amide bonds. The van der Waals surface area contributed by atoms with E-state index in [1.54, 1.807) is 17.2 Å². The van der Waals surface area contributed by atoms with Gasteiger partial charge in [0.15, 0.2) is 0 Å². The van der Waals surface area contributed by atoms with Gasteiger partial charge >= 0.3 is 6.29 Å². The Morgan fingerprint density at radius 1 is 1.35 bits per heavy atom. The molecule has 0 saturated carbocycles. The third-order valence-electron chi connectivity index (χ3n) is 4.24. The molecule has 0 radical (unpaired) electrons. The maximum Gasteiger partial charge on any atom is 0.326 e. The average Bonchev–Trinajstić information content (AvgIpc) is 3.22. The molecule has 3 N–H and O–H groups in total. The van der Waals surface area contributed by atoms with E-state index < -0.39 is 6.29 Å². The van der Waals surface area contributed by atoms with Crippen molar-refractivity contribution in [3.8, 4) is 0 Å². The summed E-state index contributed by atoms with van der Waals surface area (Å²) in [5.41, 5.74) is 10.2. The average molecular weight is 374 g/mol. The molecule has 1 fully saturated rings. The fourth-order valence-electron chi connectivity index (χ4n) is 3.00. The molecule has 1 atom stereocenters. The zero-order valence-electron chi connectivity index (χ0n) is 14.1. The van der Waals surface area contributed by atoms with Gasteiger partial charge in [0.2, 0.25) is 0 Å². The van der Waals surface area contributed by atoms with Crippen molar-refractivity contribution in [2.24, 2.45) is 5.73 Å². The number of aromatic nitrogens is 1. The fraction of sp³-hybridized carbons (Fsp3) is 0.278. The summed E-state index contributed by atoms with van der Waals surface area (Å²) in [5, 5.41) is 14.0. The molecule has 136 valence electrons. The molecule has 1 saturated heterocycles. The highest BCUT2D eigenvalue weighted by Crippen LogP contribution is 2.20. The first-order valence-electron chi connectivity index (χ1n) is 8.28. The summed E-state index contributed by atoms with van der Waals surface area (Å²) in [6.07, 6.45) is 3.80. The zero-order valence-corrected chi connectivity index (χ0v) is 14.9. The van der Waals surface area contributed by atoms with Gasteiger partial charge in [0, 0.05) is 37.9 Å².